The SMILES string of the molecule is O=C(CCN1CCOCC1)Nc1ccccn1. The largest absolute Gasteiger partial charge is 0.379 e. The van der Waals surface area contributed by atoms with Crippen LogP contribution in [0.2, 0.25) is 0 Å². The van der Waals surface area contributed by atoms with Gasteiger partial charge in [-0.3, -0.25) is 9.69 Å². The number of ether oxygens (including phenoxy) is 1. The molecule has 0 saturated carbocycles. The zero-order chi connectivity index (χ0) is 11.9. The molecule has 0 spiro atoms. The van der Waals surface area contributed by atoms with Crippen molar-refractivity contribution in [3.05, 3.63) is 24.4 Å². The average molecular weight is 235 g/mol. The van der Waals surface area contributed by atoms with E-state index in [1.165, 1.54) is 0 Å². The van der Waals surface area contributed by atoms with Crippen molar-refractivity contribution < 1.29 is 9.53 Å². The van der Waals surface area contributed by atoms with Crippen LogP contribution in [-0.4, -0.2) is 48.6 Å². The number of aromatic nitrogens is 1. The van der Waals surface area contributed by atoms with Gasteiger partial charge in [0.2, 0.25) is 5.91 Å². The first kappa shape index (κ1) is 12.0. The number of morpholine rings is 1. The molecule has 1 aromatic heterocycles. The number of rotatable bonds is 4. The van der Waals surface area contributed by atoms with Crippen LogP contribution in [-0.2, 0) is 9.53 Å². The second kappa shape index (κ2) is 6.32. The van der Waals surface area contributed by atoms with Gasteiger partial charge in [0.1, 0.15) is 5.82 Å². The molecule has 1 N–H and O–H groups in total. The Morgan fingerprint density at radius 2 is 2.24 bits per heavy atom. The summed E-state index contributed by atoms with van der Waals surface area (Å²) in [6.07, 6.45) is 2.16. The van der Waals surface area contributed by atoms with E-state index in [1.807, 2.05) is 12.1 Å². The molecule has 17 heavy (non-hydrogen) atoms. The first-order valence-electron chi connectivity index (χ1n) is 5.85. The van der Waals surface area contributed by atoms with Gasteiger partial charge in [-0.25, -0.2) is 4.98 Å². The van der Waals surface area contributed by atoms with E-state index in [0.717, 1.165) is 32.8 Å². The summed E-state index contributed by atoms with van der Waals surface area (Å²) >= 11 is 0. The standard InChI is InChI=1S/C12H17N3O2/c16-12(14-11-3-1-2-5-13-11)4-6-15-7-9-17-10-8-15/h1-3,5H,4,6-10H2,(H,13,14,16). The molecular weight excluding hydrogens is 218 g/mol. The molecule has 0 bridgehead atoms. The lowest BCUT2D eigenvalue weighted by Gasteiger charge is -2.26. The summed E-state index contributed by atoms with van der Waals surface area (Å²) in [7, 11) is 0. The van der Waals surface area contributed by atoms with Gasteiger partial charge in [0.15, 0.2) is 0 Å². The molecule has 0 radical (unpaired) electrons. The average Bonchev–Trinajstić information content (AvgIpc) is 2.39. The number of carbonyl (C=O) groups is 1. The van der Waals surface area contributed by atoms with E-state index in [4.69, 9.17) is 4.74 Å². The predicted molar refractivity (Wildman–Crippen MR) is 64.7 cm³/mol. The molecule has 5 heteroatoms. The highest BCUT2D eigenvalue weighted by Gasteiger charge is 2.11. The molecule has 1 aromatic rings. The quantitative estimate of drug-likeness (QED) is 0.836. The van der Waals surface area contributed by atoms with Crippen LogP contribution in [0.25, 0.3) is 0 Å². The first-order chi connectivity index (χ1) is 8.34. The third-order valence-electron chi connectivity index (χ3n) is 2.69. The molecule has 1 fully saturated rings. The molecular formula is C12H17N3O2. The number of amides is 1. The number of hydrogen-bond acceptors (Lipinski definition) is 4. The summed E-state index contributed by atoms with van der Waals surface area (Å²) in [5, 5.41) is 2.77. The van der Waals surface area contributed by atoms with Gasteiger partial charge in [0.25, 0.3) is 0 Å². The smallest absolute Gasteiger partial charge is 0.226 e. The van der Waals surface area contributed by atoms with Crippen LogP contribution < -0.4 is 5.32 Å². The maximum absolute atomic E-state index is 11.6. The molecule has 1 aliphatic heterocycles. The lowest BCUT2D eigenvalue weighted by atomic mass is 10.3. The van der Waals surface area contributed by atoms with Crippen molar-refractivity contribution in [3.8, 4) is 0 Å². The monoisotopic (exact) mass is 235 g/mol. The van der Waals surface area contributed by atoms with Crippen molar-refractivity contribution in [1.82, 2.24) is 9.88 Å². The number of nitrogens with one attached hydrogen (secondary N) is 1. The van der Waals surface area contributed by atoms with E-state index in [2.05, 4.69) is 15.2 Å². The van der Waals surface area contributed by atoms with Crippen molar-refractivity contribution >= 4 is 11.7 Å². The third-order valence-corrected chi connectivity index (χ3v) is 2.69. The number of hydrogen-bond donors (Lipinski definition) is 1. The normalized spacial score (nSPS) is 16.7. The number of anilines is 1. The fraction of sp³-hybridized carbons (Fsp3) is 0.500. The number of carbonyl (C=O) groups excluding carboxylic acids is 1. The van der Waals surface area contributed by atoms with Gasteiger partial charge in [-0.15, -0.1) is 0 Å². The maximum Gasteiger partial charge on any atom is 0.226 e. The molecule has 1 aliphatic rings. The molecule has 0 atom stereocenters. The van der Waals surface area contributed by atoms with Gasteiger partial charge in [-0.1, -0.05) is 6.07 Å². The van der Waals surface area contributed by atoms with Gasteiger partial charge < -0.3 is 10.1 Å². The summed E-state index contributed by atoms with van der Waals surface area (Å²) in [5.41, 5.74) is 0. The summed E-state index contributed by atoms with van der Waals surface area (Å²) < 4.78 is 5.25. The number of nitrogens with zero attached hydrogens (tertiary/aromatic N) is 2. The molecule has 5 nitrogen and oxygen atoms in total. The van der Waals surface area contributed by atoms with E-state index in [9.17, 15) is 4.79 Å². The second-order valence-electron chi connectivity index (χ2n) is 3.97. The molecule has 2 heterocycles. The molecule has 1 saturated heterocycles. The fourth-order valence-corrected chi connectivity index (χ4v) is 1.73. The van der Waals surface area contributed by atoms with Gasteiger partial charge in [0.05, 0.1) is 13.2 Å². The molecule has 0 aliphatic carbocycles. The second-order valence-corrected chi connectivity index (χ2v) is 3.97. The van der Waals surface area contributed by atoms with E-state index in [-0.39, 0.29) is 5.91 Å². The Morgan fingerprint density at radius 1 is 1.41 bits per heavy atom. The molecule has 2 rings (SSSR count). The highest BCUT2D eigenvalue weighted by atomic mass is 16.5. The fourth-order valence-electron chi connectivity index (χ4n) is 1.73. The van der Waals surface area contributed by atoms with Crippen LogP contribution in [0.3, 0.4) is 0 Å². The molecule has 92 valence electrons. The maximum atomic E-state index is 11.6. The zero-order valence-corrected chi connectivity index (χ0v) is 9.76. The van der Waals surface area contributed by atoms with Crippen LogP contribution in [0.15, 0.2) is 24.4 Å². The minimum atomic E-state index is 0.00944. The van der Waals surface area contributed by atoms with Crippen molar-refractivity contribution in [1.29, 1.82) is 0 Å². The van der Waals surface area contributed by atoms with Crippen LogP contribution in [0.5, 0.6) is 0 Å². The molecule has 0 unspecified atom stereocenters. The zero-order valence-electron chi connectivity index (χ0n) is 9.76. The summed E-state index contributed by atoms with van der Waals surface area (Å²) in [5.74, 6) is 0.620. The number of pyridine rings is 1. The van der Waals surface area contributed by atoms with E-state index in [1.54, 1.807) is 12.3 Å². The van der Waals surface area contributed by atoms with Crippen molar-refractivity contribution in [3.63, 3.8) is 0 Å². The van der Waals surface area contributed by atoms with Crippen molar-refractivity contribution in [2.45, 2.75) is 6.42 Å². The van der Waals surface area contributed by atoms with Gasteiger partial charge in [-0.2, -0.15) is 0 Å². The Morgan fingerprint density at radius 3 is 2.94 bits per heavy atom. The topological polar surface area (TPSA) is 54.5 Å². The summed E-state index contributed by atoms with van der Waals surface area (Å²) in [6.45, 7) is 4.14. The van der Waals surface area contributed by atoms with E-state index < -0.39 is 0 Å². The van der Waals surface area contributed by atoms with Crippen molar-refractivity contribution in [2.24, 2.45) is 0 Å². The van der Waals surface area contributed by atoms with Crippen LogP contribution >= 0.6 is 0 Å². The predicted octanol–water partition coefficient (Wildman–Crippen LogP) is 0.742. The summed E-state index contributed by atoms with van der Waals surface area (Å²) in [4.78, 5) is 17.9. The van der Waals surface area contributed by atoms with E-state index >= 15 is 0 Å². The van der Waals surface area contributed by atoms with Gasteiger partial charge in [0, 0.05) is 32.3 Å². The Hall–Kier alpha value is -1.46. The van der Waals surface area contributed by atoms with Gasteiger partial charge >= 0.3 is 0 Å². The minimum absolute atomic E-state index is 0.00944. The molecule has 1 amide bonds. The summed E-state index contributed by atoms with van der Waals surface area (Å²) in [6, 6.07) is 5.46. The van der Waals surface area contributed by atoms with Gasteiger partial charge in [-0.05, 0) is 12.1 Å². The lowest BCUT2D eigenvalue weighted by molar-refractivity contribution is -0.116. The third kappa shape index (κ3) is 4.13. The van der Waals surface area contributed by atoms with Crippen LogP contribution in [0.1, 0.15) is 6.42 Å². The minimum Gasteiger partial charge on any atom is -0.379 e. The Balaban J connectivity index is 1.70. The highest BCUT2D eigenvalue weighted by molar-refractivity contribution is 5.89. The lowest BCUT2D eigenvalue weighted by Crippen LogP contribution is -2.38. The van der Waals surface area contributed by atoms with Crippen LogP contribution in [0.4, 0.5) is 5.82 Å². The first-order valence-corrected chi connectivity index (χ1v) is 5.85. The highest BCUT2D eigenvalue weighted by Crippen LogP contribution is 2.02. The van der Waals surface area contributed by atoms with Crippen LogP contribution in [0, 0.1) is 0 Å². The Bertz CT molecular complexity index is 350. The van der Waals surface area contributed by atoms with E-state index in [0.29, 0.717) is 12.2 Å². The Kier molecular flexibility index (Phi) is 4.46. The molecule has 0 aromatic carbocycles. The Labute approximate surface area is 101 Å². The van der Waals surface area contributed by atoms with Crippen molar-refractivity contribution in [2.75, 3.05) is 38.2 Å².